The molecule has 0 unspecified atom stereocenters. The van der Waals surface area contributed by atoms with Crippen molar-refractivity contribution in [3.63, 3.8) is 0 Å². The van der Waals surface area contributed by atoms with Crippen LogP contribution >= 0.6 is 0 Å². The third-order valence-electron chi connectivity index (χ3n) is 2.07. The third-order valence-corrected chi connectivity index (χ3v) is 2.07. The number of aryl methyl sites for hydroxylation is 1. The molecule has 0 saturated heterocycles. The second-order valence-corrected chi connectivity index (χ2v) is 3.03. The molecule has 0 bridgehead atoms. The van der Waals surface area contributed by atoms with Crippen LogP contribution in [0.3, 0.4) is 0 Å². The highest BCUT2D eigenvalue weighted by atomic mass is 16.3. The summed E-state index contributed by atoms with van der Waals surface area (Å²) in [6, 6.07) is 3.58. The molecular weight excluding hydrogens is 182 g/mol. The topological polar surface area (TPSA) is 70.9 Å². The number of hydrogen-bond donors (Lipinski definition) is 2. The minimum absolute atomic E-state index is 0.0753. The molecule has 5 heteroatoms. The van der Waals surface area contributed by atoms with Crippen LogP contribution in [0.1, 0.15) is 6.42 Å². The molecule has 2 N–H and O–H groups in total. The Morgan fingerprint density at radius 1 is 1.57 bits per heavy atom. The summed E-state index contributed by atoms with van der Waals surface area (Å²) in [6.07, 6.45) is 2.20. The Kier molecular flexibility index (Phi) is 2.32. The summed E-state index contributed by atoms with van der Waals surface area (Å²) in [5.74, 6) is 0. The smallest absolute Gasteiger partial charge is 0.327 e. The van der Waals surface area contributed by atoms with Crippen molar-refractivity contribution in [2.75, 3.05) is 6.61 Å². The van der Waals surface area contributed by atoms with Crippen molar-refractivity contribution < 1.29 is 5.11 Å². The van der Waals surface area contributed by atoms with Crippen molar-refractivity contribution in [2.24, 2.45) is 0 Å². The minimum atomic E-state index is -0.174. The molecule has 0 spiro atoms. The molecule has 0 atom stereocenters. The van der Waals surface area contributed by atoms with Gasteiger partial charge in [0.15, 0.2) is 5.65 Å². The molecule has 0 fully saturated rings. The summed E-state index contributed by atoms with van der Waals surface area (Å²) in [4.78, 5) is 18.2. The van der Waals surface area contributed by atoms with Gasteiger partial charge in [-0.15, -0.1) is 0 Å². The van der Waals surface area contributed by atoms with E-state index in [2.05, 4.69) is 9.97 Å². The lowest BCUT2D eigenvalue weighted by Gasteiger charge is -1.99. The average Bonchev–Trinajstić information content (AvgIpc) is 2.51. The van der Waals surface area contributed by atoms with Crippen LogP contribution in [0, 0.1) is 0 Å². The van der Waals surface area contributed by atoms with Gasteiger partial charge >= 0.3 is 5.69 Å². The van der Waals surface area contributed by atoms with Gasteiger partial charge in [-0.3, -0.25) is 4.57 Å². The van der Waals surface area contributed by atoms with Crippen molar-refractivity contribution >= 4 is 11.2 Å². The number of fused-ring (bicyclic) bond motifs is 1. The van der Waals surface area contributed by atoms with E-state index in [1.807, 2.05) is 0 Å². The van der Waals surface area contributed by atoms with Gasteiger partial charge in [0.25, 0.3) is 0 Å². The fourth-order valence-corrected chi connectivity index (χ4v) is 1.42. The molecule has 2 heterocycles. The summed E-state index contributed by atoms with van der Waals surface area (Å²) < 4.78 is 1.53. The summed E-state index contributed by atoms with van der Waals surface area (Å²) in [7, 11) is 0. The zero-order valence-corrected chi connectivity index (χ0v) is 7.60. The van der Waals surface area contributed by atoms with E-state index < -0.39 is 0 Å². The standard InChI is InChI=1S/C9H11N3O2/c13-6-2-5-12-8-7(11-9(12)14)3-1-4-10-8/h1,3-4,13H,2,5-6H2,(H,11,14). The molecule has 2 aromatic heterocycles. The molecule has 0 amide bonds. The number of aromatic amines is 1. The van der Waals surface area contributed by atoms with Crippen LogP contribution in [0.25, 0.3) is 11.2 Å². The summed E-state index contributed by atoms with van der Waals surface area (Å²) in [6.45, 7) is 0.568. The van der Waals surface area contributed by atoms with E-state index in [4.69, 9.17) is 5.11 Å². The first-order chi connectivity index (χ1) is 6.83. The van der Waals surface area contributed by atoms with Crippen molar-refractivity contribution in [1.82, 2.24) is 14.5 Å². The van der Waals surface area contributed by atoms with E-state index in [1.54, 1.807) is 18.3 Å². The molecule has 2 aromatic rings. The molecule has 0 aliphatic heterocycles. The van der Waals surface area contributed by atoms with Gasteiger partial charge in [0.1, 0.15) is 0 Å². The van der Waals surface area contributed by atoms with Crippen LogP contribution < -0.4 is 5.69 Å². The van der Waals surface area contributed by atoms with Gasteiger partial charge in [0, 0.05) is 19.3 Å². The molecular formula is C9H11N3O2. The monoisotopic (exact) mass is 193 g/mol. The molecule has 0 aliphatic carbocycles. The van der Waals surface area contributed by atoms with Crippen LogP contribution in [0.4, 0.5) is 0 Å². The van der Waals surface area contributed by atoms with Gasteiger partial charge in [0.05, 0.1) is 5.52 Å². The highest BCUT2D eigenvalue weighted by Gasteiger charge is 2.05. The van der Waals surface area contributed by atoms with Crippen molar-refractivity contribution in [3.8, 4) is 0 Å². The maximum atomic E-state index is 11.4. The Bertz CT molecular complexity index is 486. The summed E-state index contributed by atoms with van der Waals surface area (Å²) >= 11 is 0. The number of imidazole rings is 1. The van der Waals surface area contributed by atoms with E-state index in [0.717, 1.165) is 5.52 Å². The second-order valence-electron chi connectivity index (χ2n) is 3.03. The van der Waals surface area contributed by atoms with Crippen LogP contribution in [0.5, 0.6) is 0 Å². The Morgan fingerprint density at radius 3 is 3.21 bits per heavy atom. The molecule has 5 nitrogen and oxygen atoms in total. The van der Waals surface area contributed by atoms with Crippen LogP contribution in [0.15, 0.2) is 23.1 Å². The van der Waals surface area contributed by atoms with Gasteiger partial charge in [-0.1, -0.05) is 0 Å². The highest BCUT2D eigenvalue weighted by molar-refractivity contribution is 5.69. The quantitative estimate of drug-likeness (QED) is 0.726. The van der Waals surface area contributed by atoms with Crippen LogP contribution in [-0.2, 0) is 6.54 Å². The Balaban J connectivity index is 2.51. The number of rotatable bonds is 3. The largest absolute Gasteiger partial charge is 0.396 e. The molecule has 0 aromatic carbocycles. The van der Waals surface area contributed by atoms with Crippen molar-refractivity contribution in [2.45, 2.75) is 13.0 Å². The predicted molar refractivity (Wildman–Crippen MR) is 52.1 cm³/mol. The van der Waals surface area contributed by atoms with Crippen LogP contribution in [0.2, 0.25) is 0 Å². The summed E-state index contributed by atoms with van der Waals surface area (Å²) in [5.41, 5.74) is 1.20. The zero-order chi connectivity index (χ0) is 9.97. The van der Waals surface area contributed by atoms with Gasteiger partial charge in [-0.2, -0.15) is 0 Å². The molecule has 14 heavy (non-hydrogen) atoms. The van der Waals surface area contributed by atoms with E-state index in [-0.39, 0.29) is 12.3 Å². The minimum Gasteiger partial charge on any atom is -0.396 e. The van der Waals surface area contributed by atoms with Crippen molar-refractivity contribution in [1.29, 1.82) is 0 Å². The lowest BCUT2D eigenvalue weighted by atomic mass is 10.4. The van der Waals surface area contributed by atoms with Crippen molar-refractivity contribution in [3.05, 3.63) is 28.8 Å². The first kappa shape index (κ1) is 8.96. The second kappa shape index (κ2) is 3.63. The summed E-state index contributed by atoms with van der Waals surface area (Å²) in [5, 5.41) is 8.68. The number of nitrogens with zero attached hydrogens (tertiary/aromatic N) is 2. The first-order valence-corrected chi connectivity index (χ1v) is 4.47. The SMILES string of the molecule is O=c1[nH]c2cccnc2n1CCCO. The fourth-order valence-electron chi connectivity index (χ4n) is 1.42. The van der Waals surface area contributed by atoms with E-state index >= 15 is 0 Å². The lowest BCUT2D eigenvalue weighted by Crippen LogP contribution is -2.17. The number of aromatic nitrogens is 3. The number of nitrogens with one attached hydrogen (secondary N) is 1. The Morgan fingerprint density at radius 2 is 2.43 bits per heavy atom. The maximum Gasteiger partial charge on any atom is 0.327 e. The average molecular weight is 193 g/mol. The van der Waals surface area contributed by atoms with Crippen LogP contribution in [-0.4, -0.2) is 26.2 Å². The van der Waals surface area contributed by atoms with Gasteiger partial charge < -0.3 is 10.1 Å². The molecule has 0 aliphatic rings. The molecule has 0 radical (unpaired) electrons. The number of H-pyrrole nitrogens is 1. The Hall–Kier alpha value is -1.62. The predicted octanol–water partition coefficient (Wildman–Crippen LogP) is 0.107. The molecule has 74 valence electrons. The Labute approximate surface area is 80.0 Å². The number of aliphatic hydroxyl groups excluding tert-OH is 1. The van der Waals surface area contributed by atoms with Gasteiger partial charge in [0.2, 0.25) is 0 Å². The first-order valence-electron chi connectivity index (χ1n) is 4.47. The number of aliphatic hydroxyl groups is 1. The molecule has 2 rings (SSSR count). The van der Waals surface area contributed by atoms with Gasteiger partial charge in [-0.25, -0.2) is 9.78 Å². The highest BCUT2D eigenvalue weighted by Crippen LogP contribution is 2.05. The third kappa shape index (κ3) is 1.42. The molecule has 0 saturated carbocycles. The zero-order valence-electron chi connectivity index (χ0n) is 7.60. The lowest BCUT2D eigenvalue weighted by molar-refractivity contribution is 0.280. The van der Waals surface area contributed by atoms with E-state index in [1.165, 1.54) is 4.57 Å². The number of hydrogen-bond acceptors (Lipinski definition) is 3. The number of pyridine rings is 1. The van der Waals surface area contributed by atoms with E-state index in [9.17, 15) is 4.79 Å². The maximum absolute atomic E-state index is 11.4. The normalized spacial score (nSPS) is 10.9. The fraction of sp³-hybridized carbons (Fsp3) is 0.333. The van der Waals surface area contributed by atoms with Gasteiger partial charge in [-0.05, 0) is 18.6 Å². The van der Waals surface area contributed by atoms with E-state index in [0.29, 0.717) is 18.6 Å².